The molecule has 2 aromatic carbocycles. The van der Waals surface area contributed by atoms with Crippen molar-refractivity contribution in [3.05, 3.63) is 88.3 Å². The second kappa shape index (κ2) is 8.37. The van der Waals surface area contributed by atoms with Gasteiger partial charge < -0.3 is 5.32 Å². The van der Waals surface area contributed by atoms with Gasteiger partial charge in [-0.2, -0.15) is 5.10 Å². The Morgan fingerprint density at radius 1 is 1.09 bits per heavy atom. The van der Waals surface area contributed by atoms with Crippen molar-refractivity contribution in [3.63, 3.8) is 0 Å². The van der Waals surface area contributed by atoms with Gasteiger partial charge in [0.2, 0.25) is 0 Å². The number of carbonyl (C=O) groups excluding carboxylic acids is 1. The van der Waals surface area contributed by atoms with Gasteiger partial charge in [-0.3, -0.25) is 9.48 Å². The Balaban J connectivity index is 1.51. The highest BCUT2D eigenvalue weighted by atomic mass is 35.5. The molecule has 0 saturated carbocycles. The molecule has 166 valence electrons. The van der Waals surface area contributed by atoms with Crippen LogP contribution in [0.15, 0.2) is 54.9 Å². The van der Waals surface area contributed by atoms with E-state index in [1.54, 1.807) is 42.3 Å². The zero-order chi connectivity index (χ0) is 23.1. The van der Waals surface area contributed by atoms with Crippen molar-refractivity contribution in [1.82, 2.24) is 25.1 Å². The summed E-state index contributed by atoms with van der Waals surface area (Å²) in [6.45, 7) is 0. The third kappa shape index (κ3) is 4.21. The predicted octanol–water partition coefficient (Wildman–Crippen LogP) is 4.89. The summed E-state index contributed by atoms with van der Waals surface area (Å²) in [6.07, 6.45) is 4.48. The van der Waals surface area contributed by atoms with Gasteiger partial charge in [0, 0.05) is 23.8 Å². The fraction of sp³-hybridized carbons (Fsp3) is 0.167. The minimum absolute atomic E-state index is 0.157. The van der Waals surface area contributed by atoms with Gasteiger partial charge in [0.05, 0.1) is 23.5 Å². The first-order valence-corrected chi connectivity index (χ1v) is 10.7. The number of amides is 1. The van der Waals surface area contributed by atoms with Gasteiger partial charge in [-0.25, -0.2) is 18.7 Å². The van der Waals surface area contributed by atoms with Crippen molar-refractivity contribution in [2.24, 2.45) is 7.05 Å². The van der Waals surface area contributed by atoms with Crippen molar-refractivity contribution in [3.8, 4) is 22.6 Å². The van der Waals surface area contributed by atoms with Crippen molar-refractivity contribution in [2.45, 2.75) is 18.9 Å². The van der Waals surface area contributed by atoms with E-state index >= 15 is 0 Å². The largest absolute Gasteiger partial charge is 0.344 e. The molecule has 1 atom stereocenters. The molecule has 1 amide bonds. The lowest BCUT2D eigenvalue weighted by molar-refractivity contribution is 0.0931. The van der Waals surface area contributed by atoms with E-state index in [2.05, 4.69) is 20.4 Å². The highest BCUT2D eigenvalue weighted by Gasteiger charge is 2.27. The Morgan fingerprint density at radius 3 is 2.58 bits per heavy atom. The van der Waals surface area contributed by atoms with Crippen LogP contribution < -0.4 is 5.32 Å². The second-order valence-electron chi connectivity index (χ2n) is 7.90. The van der Waals surface area contributed by atoms with Crippen LogP contribution in [0.2, 0.25) is 5.02 Å². The molecule has 4 aromatic rings. The van der Waals surface area contributed by atoms with Crippen LogP contribution >= 0.6 is 11.6 Å². The minimum atomic E-state index is -0.930. The Bertz CT molecular complexity index is 1370. The first-order valence-electron chi connectivity index (χ1n) is 10.3. The number of aromatic nitrogens is 4. The number of nitrogens with zero attached hydrogens (tertiary/aromatic N) is 4. The molecule has 0 spiro atoms. The van der Waals surface area contributed by atoms with Crippen LogP contribution in [0.4, 0.5) is 8.78 Å². The van der Waals surface area contributed by atoms with Gasteiger partial charge in [0.25, 0.3) is 5.91 Å². The quantitative estimate of drug-likeness (QED) is 0.465. The number of nitrogens with one attached hydrogen (secondary N) is 1. The fourth-order valence-corrected chi connectivity index (χ4v) is 4.11. The molecule has 1 N–H and O–H groups in total. The number of carbonyl (C=O) groups is 1. The highest BCUT2D eigenvalue weighted by molar-refractivity contribution is 6.30. The summed E-state index contributed by atoms with van der Waals surface area (Å²) in [5.41, 5.74) is 3.41. The predicted molar refractivity (Wildman–Crippen MR) is 120 cm³/mol. The maximum atomic E-state index is 13.8. The summed E-state index contributed by atoms with van der Waals surface area (Å²) < 4.78 is 29.0. The topological polar surface area (TPSA) is 72.7 Å². The normalized spacial score (nSPS) is 14.8. The third-order valence-electron chi connectivity index (χ3n) is 5.63. The van der Waals surface area contributed by atoms with Crippen LogP contribution in [0, 0.1) is 11.6 Å². The molecule has 0 unspecified atom stereocenters. The van der Waals surface area contributed by atoms with E-state index in [0.717, 1.165) is 11.6 Å². The van der Waals surface area contributed by atoms with Gasteiger partial charge in [-0.05, 0) is 54.3 Å². The van der Waals surface area contributed by atoms with Gasteiger partial charge in [0.1, 0.15) is 5.69 Å². The maximum Gasteiger partial charge on any atom is 0.270 e. The van der Waals surface area contributed by atoms with E-state index in [-0.39, 0.29) is 5.69 Å². The monoisotopic (exact) mass is 465 g/mol. The molecule has 0 aliphatic heterocycles. The van der Waals surface area contributed by atoms with E-state index in [4.69, 9.17) is 11.6 Å². The van der Waals surface area contributed by atoms with E-state index in [9.17, 15) is 13.6 Å². The summed E-state index contributed by atoms with van der Waals surface area (Å²) in [5.74, 6) is -1.90. The molecule has 9 heteroatoms. The first-order chi connectivity index (χ1) is 15.9. The molecule has 1 aliphatic carbocycles. The molecule has 6 nitrogen and oxygen atoms in total. The van der Waals surface area contributed by atoms with Gasteiger partial charge >= 0.3 is 0 Å². The second-order valence-corrected chi connectivity index (χ2v) is 8.34. The zero-order valence-electron chi connectivity index (χ0n) is 17.5. The van der Waals surface area contributed by atoms with Crippen LogP contribution in [0.25, 0.3) is 22.6 Å². The van der Waals surface area contributed by atoms with Gasteiger partial charge in [-0.1, -0.05) is 23.7 Å². The zero-order valence-corrected chi connectivity index (χ0v) is 18.3. The van der Waals surface area contributed by atoms with E-state index in [1.807, 2.05) is 12.1 Å². The number of benzene rings is 2. The van der Waals surface area contributed by atoms with Crippen LogP contribution in [0.3, 0.4) is 0 Å². The Kier molecular flexibility index (Phi) is 5.38. The van der Waals surface area contributed by atoms with E-state index in [0.29, 0.717) is 46.1 Å². The molecule has 0 bridgehead atoms. The number of halogens is 3. The molecule has 33 heavy (non-hydrogen) atoms. The summed E-state index contributed by atoms with van der Waals surface area (Å²) in [4.78, 5) is 22.2. The average molecular weight is 466 g/mol. The fourth-order valence-electron chi connectivity index (χ4n) is 3.98. The van der Waals surface area contributed by atoms with Crippen molar-refractivity contribution < 1.29 is 13.6 Å². The molecule has 2 heterocycles. The molecule has 1 aliphatic rings. The third-order valence-corrected chi connectivity index (χ3v) is 5.88. The van der Waals surface area contributed by atoms with Crippen LogP contribution in [-0.4, -0.2) is 25.7 Å². The average Bonchev–Trinajstić information content (AvgIpc) is 3.40. The van der Waals surface area contributed by atoms with Crippen LogP contribution in [0.5, 0.6) is 0 Å². The standard InChI is InChI=1S/C24H18ClF2N5O/c1-32-12-15(11-28-32)23-29-21(13-2-5-16(25)6-3-13)10-22(30-23)24(33)31-20-7-4-14-8-18(26)19(27)9-17(14)20/h2-3,5-6,8-12,20H,4,7H2,1H3,(H,31,33)/t20-/m0/s1. The smallest absolute Gasteiger partial charge is 0.270 e. The van der Waals surface area contributed by atoms with Crippen molar-refractivity contribution in [2.75, 3.05) is 0 Å². The molecule has 2 aromatic heterocycles. The van der Waals surface area contributed by atoms with Crippen molar-refractivity contribution in [1.29, 1.82) is 0 Å². The highest BCUT2D eigenvalue weighted by Crippen LogP contribution is 2.33. The molecule has 0 fully saturated rings. The van der Waals surface area contributed by atoms with Crippen LogP contribution in [0.1, 0.15) is 34.1 Å². The Hall–Kier alpha value is -3.65. The van der Waals surface area contributed by atoms with Crippen molar-refractivity contribution >= 4 is 17.5 Å². The van der Waals surface area contributed by atoms with E-state index < -0.39 is 23.6 Å². The lowest BCUT2D eigenvalue weighted by Gasteiger charge is -2.15. The summed E-state index contributed by atoms with van der Waals surface area (Å²) in [6, 6.07) is 10.6. The lowest BCUT2D eigenvalue weighted by atomic mass is 10.1. The number of aryl methyl sites for hydroxylation is 2. The lowest BCUT2D eigenvalue weighted by Crippen LogP contribution is -2.28. The molecule has 0 saturated heterocycles. The van der Waals surface area contributed by atoms with Gasteiger partial charge in [0.15, 0.2) is 17.5 Å². The molecule has 5 rings (SSSR count). The Morgan fingerprint density at radius 2 is 1.85 bits per heavy atom. The summed E-state index contributed by atoms with van der Waals surface area (Å²) in [7, 11) is 1.78. The number of hydrogen-bond acceptors (Lipinski definition) is 4. The number of hydrogen-bond donors (Lipinski definition) is 1. The van der Waals surface area contributed by atoms with Crippen LogP contribution in [-0.2, 0) is 13.5 Å². The first kappa shape index (κ1) is 21.2. The van der Waals surface area contributed by atoms with E-state index in [1.165, 1.54) is 6.07 Å². The number of fused-ring (bicyclic) bond motifs is 1. The SMILES string of the molecule is Cn1cc(-c2nc(C(=O)N[C@H]3CCc4cc(F)c(F)cc43)cc(-c3ccc(Cl)cc3)n2)cn1. The maximum absolute atomic E-state index is 13.8. The summed E-state index contributed by atoms with van der Waals surface area (Å²) >= 11 is 6.01. The Labute approximate surface area is 193 Å². The molecular formula is C24H18ClF2N5O. The molecule has 0 radical (unpaired) electrons. The number of rotatable bonds is 4. The van der Waals surface area contributed by atoms with Gasteiger partial charge in [-0.15, -0.1) is 0 Å². The molecular weight excluding hydrogens is 448 g/mol. The minimum Gasteiger partial charge on any atom is -0.344 e. The summed E-state index contributed by atoms with van der Waals surface area (Å²) in [5, 5.41) is 7.65.